The first kappa shape index (κ1) is 14.8. The second-order valence-electron chi connectivity index (χ2n) is 4.59. The van der Waals surface area contributed by atoms with Crippen molar-refractivity contribution < 1.29 is 4.79 Å². The fraction of sp³-hybridized carbons (Fsp3) is 0.176. The molecule has 0 unspecified atom stereocenters. The molecule has 1 amide bonds. The third-order valence-electron chi connectivity index (χ3n) is 2.99. The number of rotatable bonds is 7. The first-order valence-electron chi connectivity index (χ1n) is 6.92. The Morgan fingerprint density at radius 1 is 1.24 bits per heavy atom. The van der Waals surface area contributed by atoms with E-state index in [0.29, 0.717) is 18.8 Å². The fourth-order valence-corrected chi connectivity index (χ4v) is 1.91. The van der Waals surface area contributed by atoms with Crippen molar-refractivity contribution in [1.29, 1.82) is 0 Å². The number of hydrogen-bond acceptors (Lipinski definition) is 3. The molecule has 2 aromatic rings. The number of nitrogens with one attached hydrogen (secondary N) is 2. The SMILES string of the molecule is C=CCNc1ccnc(C(=O)NCCc2ccccc2)c1. The van der Waals surface area contributed by atoms with Crippen LogP contribution in [0.5, 0.6) is 0 Å². The van der Waals surface area contributed by atoms with E-state index in [0.717, 1.165) is 12.1 Å². The van der Waals surface area contributed by atoms with Crippen molar-refractivity contribution >= 4 is 11.6 Å². The summed E-state index contributed by atoms with van der Waals surface area (Å²) in [5, 5.41) is 6.01. The van der Waals surface area contributed by atoms with Crippen LogP contribution < -0.4 is 10.6 Å². The number of hydrogen-bond donors (Lipinski definition) is 2. The molecule has 4 nitrogen and oxygen atoms in total. The van der Waals surface area contributed by atoms with E-state index in [2.05, 4.69) is 22.2 Å². The summed E-state index contributed by atoms with van der Waals surface area (Å²) in [6.45, 7) is 4.89. The molecule has 2 N–H and O–H groups in total. The molecule has 0 atom stereocenters. The van der Waals surface area contributed by atoms with Crippen LogP contribution in [-0.2, 0) is 6.42 Å². The molecule has 0 bridgehead atoms. The monoisotopic (exact) mass is 281 g/mol. The molecular formula is C17H19N3O. The smallest absolute Gasteiger partial charge is 0.269 e. The predicted molar refractivity (Wildman–Crippen MR) is 85.4 cm³/mol. The highest BCUT2D eigenvalue weighted by molar-refractivity contribution is 5.93. The van der Waals surface area contributed by atoms with Crippen LogP contribution in [0.1, 0.15) is 16.1 Å². The molecule has 0 fully saturated rings. The molecule has 0 radical (unpaired) electrons. The van der Waals surface area contributed by atoms with Crippen molar-refractivity contribution in [3.8, 4) is 0 Å². The maximum absolute atomic E-state index is 12.0. The number of amides is 1. The number of carbonyl (C=O) groups excluding carboxylic acids is 1. The topological polar surface area (TPSA) is 54.0 Å². The lowest BCUT2D eigenvalue weighted by atomic mass is 10.1. The quantitative estimate of drug-likeness (QED) is 0.767. The molecule has 0 aliphatic rings. The minimum Gasteiger partial charge on any atom is -0.381 e. The van der Waals surface area contributed by atoms with Crippen molar-refractivity contribution in [3.05, 3.63) is 72.6 Å². The molecule has 0 aliphatic carbocycles. The molecule has 1 heterocycles. The molecule has 21 heavy (non-hydrogen) atoms. The number of benzene rings is 1. The molecule has 0 aliphatic heterocycles. The van der Waals surface area contributed by atoms with E-state index >= 15 is 0 Å². The number of carbonyl (C=O) groups is 1. The van der Waals surface area contributed by atoms with Crippen LogP contribution in [-0.4, -0.2) is 24.0 Å². The van der Waals surface area contributed by atoms with Gasteiger partial charge in [0.05, 0.1) is 0 Å². The predicted octanol–water partition coefficient (Wildman–Crippen LogP) is 2.65. The normalized spacial score (nSPS) is 9.90. The van der Waals surface area contributed by atoms with E-state index in [-0.39, 0.29) is 5.91 Å². The fourth-order valence-electron chi connectivity index (χ4n) is 1.91. The highest BCUT2D eigenvalue weighted by atomic mass is 16.1. The lowest BCUT2D eigenvalue weighted by Gasteiger charge is -2.07. The second kappa shape index (κ2) is 7.85. The molecule has 0 saturated heterocycles. The molecule has 0 spiro atoms. The van der Waals surface area contributed by atoms with Crippen molar-refractivity contribution in [2.24, 2.45) is 0 Å². The molecule has 4 heteroatoms. The zero-order chi connectivity index (χ0) is 14.9. The Labute approximate surface area is 124 Å². The lowest BCUT2D eigenvalue weighted by Crippen LogP contribution is -2.26. The first-order valence-corrected chi connectivity index (χ1v) is 6.92. The third-order valence-corrected chi connectivity index (χ3v) is 2.99. The van der Waals surface area contributed by atoms with Crippen LogP contribution >= 0.6 is 0 Å². The minimum atomic E-state index is -0.159. The number of pyridine rings is 1. The summed E-state index contributed by atoms with van der Waals surface area (Å²) in [5.41, 5.74) is 2.47. The van der Waals surface area contributed by atoms with E-state index in [4.69, 9.17) is 0 Å². The van der Waals surface area contributed by atoms with E-state index in [1.54, 1.807) is 18.3 Å². The van der Waals surface area contributed by atoms with Crippen molar-refractivity contribution in [2.45, 2.75) is 6.42 Å². The van der Waals surface area contributed by atoms with Gasteiger partial charge in [-0.1, -0.05) is 36.4 Å². The Hall–Kier alpha value is -2.62. The van der Waals surface area contributed by atoms with Gasteiger partial charge < -0.3 is 10.6 Å². The molecule has 2 rings (SSSR count). The van der Waals surface area contributed by atoms with Crippen molar-refractivity contribution in [3.63, 3.8) is 0 Å². The Morgan fingerprint density at radius 2 is 2.05 bits per heavy atom. The largest absolute Gasteiger partial charge is 0.381 e. The molecule has 0 saturated carbocycles. The van der Waals surface area contributed by atoms with Crippen LogP contribution in [0.2, 0.25) is 0 Å². The van der Waals surface area contributed by atoms with Crippen LogP contribution in [0.4, 0.5) is 5.69 Å². The average Bonchev–Trinajstić information content (AvgIpc) is 2.54. The van der Waals surface area contributed by atoms with Crippen LogP contribution in [0.3, 0.4) is 0 Å². The third kappa shape index (κ3) is 4.76. The van der Waals surface area contributed by atoms with Gasteiger partial charge in [-0.3, -0.25) is 9.78 Å². The summed E-state index contributed by atoms with van der Waals surface area (Å²) in [6.07, 6.45) is 4.19. The molecule has 108 valence electrons. The van der Waals surface area contributed by atoms with Gasteiger partial charge in [-0.15, -0.1) is 6.58 Å². The van der Waals surface area contributed by atoms with Crippen LogP contribution in [0, 0.1) is 0 Å². The highest BCUT2D eigenvalue weighted by Gasteiger charge is 2.07. The lowest BCUT2D eigenvalue weighted by molar-refractivity contribution is 0.0949. The molecule has 1 aromatic carbocycles. The van der Waals surface area contributed by atoms with Gasteiger partial charge >= 0.3 is 0 Å². The average molecular weight is 281 g/mol. The zero-order valence-electron chi connectivity index (χ0n) is 11.9. The summed E-state index contributed by atoms with van der Waals surface area (Å²) in [6, 6.07) is 13.6. The summed E-state index contributed by atoms with van der Waals surface area (Å²) in [7, 11) is 0. The first-order chi connectivity index (χ1) is 10.3. The summed E-state index contributed by atoms with van der Waals surface area (Å²) >= 11 is 0. The maximum atomic E-state index is 12.0. The van der Waals surface area contributed by atoms with Gasteiger partial charge in [-0.2, -0.15) is 0 Å². The van der Waals surface area contributed by atoms with E-state index < -0.39 is 0 Å². The van der Waals surface area contributed by atoms with Gasteiger partial charge in [0.15, 0.2) is 0 Å². The number of nitrogens with zero attached hydrogens (tertiary/aromatic N) is 1. The van der Waals surface area contributed by atoms with Crippen LogP contribution in [0.25, 0.3) is 0 Å². The zero-order valence-corrected chi connectivity index (χ0v) is 11.9. The second-order valence-corrected chi connectivity index (χ2v) is 4.59. The van der Waals surface area contributed by atoms with E-state index in [9.17, 15) is 4.79 Å². The van der Waals surface area contributed by atoms with Gasteiger partial charge in [0.2, 0.25) is 0 Å². The van der Waals surface area contributed by atoms with E-state index in [1.807, 2.05) is 36.4 Å². The van der Waals surface area contributed by atoms with Gasteiger partial charge in [0.1, 0.15) is 5.69 Å². The Bertz CT molecular complexity index is 596. The maximum Gasteiger partial charge on any atom is 0.269 e. The van der Waals surface area contributed by atoms with Gasteiger partial charge in [-0.25, -0.2) is 0 Å². The Kier molecular flexibility index (Phi) is 5.52. The van der Waals surface area contributed by atoms with E-state index in [1.165, 1.54) is 5.56 Å². The minimum absolute atomic E-state index is 0.159. The Balaban J connectivity index is 1.86. The van der Waals surface area contributed by atoms with Crippen molar-refractivity contribution in [1.82, 2.24) is 10.3 Å². The number of anilines is 1. The summed E-state index contributed by atoms with van der Waals surface area (Å²) < 4.78 is 0. The summed E-state index contributed by atoms with van der Waals surface area (Å²) in [5.74, 6) is -0.159. The standard InChI is InChI=1S/C17H19N3O/c1-2-10-18-15-9-12-19-16(13-15)17(21)20-11-8-14-6-4-3-5-7-14/h2-7,9,12-13H,1,8,10-11H2,(H,18,19)(H,20,21). The van der Waals surface area contributed by atoms with Gasteiger partial charge in [0, 0.05) is 25.0 Å². The van der Waals surface area contributed by atoms with Crippen molar-refractivity contribution in [2.75, 3.05) is 18.4 Å². The molecule has 1 aromatic heterocycles. The van der Waals surface area contributed by atoms with Gasteiger partial charge in [0.25, 0.3) is 5.91 Å². The number of aromatic nitrogens is 1. The molecular weight excluding hydrogens is 262 g/mol. The van der Waals surface area contributed by atoms with Gasteiger partial charge in [-0.05, 0) is 24.1 Å². The highest BCUT2D eigenvalue weighted by Crippen LogP contribution is 2.07. The van der Waals surface area contributed by atoms with Crippen LogP contribution in [0.15, 0.2) is 61.3 Å². The summed E-state index contributed by atoms with van der Waals surface area (Å²) in [4.78, 5) is 16.1. The Morgan fingerprint density at radius 3 is 2.81 bits per heavy atom.